The number of hydrogen-bond acceptors (Lipinski definition) is 3. The van der Waals surface area contributed by atoms with Gasteiger partial charge in [0.25, 0.3) is 0 Å². The zero-order valence-corrected chi connectivity index (χ0v) is 15.3. The fraction of sp³-hybridized carbons (Fsp3) is 0.0476. The van der Waals surface area contributed by atoms with Crippen LogP contribution in [0.2, 0.25) is 0 Å². The molecule has 0 aliphatic rings. The molecule has 0 radical (unpaired) electrons. The van der Waals surface area contributed by atoms with Crippen LogP contribution >= 0.6 is 12.2 Å². The van der Waals surface area contributed by atoms with Crippen molar-refractivity contribution in [2.75, 3.05) is 10.6 Å². The van der Waals surface area contributed by atoms with E-state index in [1.54, 1.807) is 0 Å². The lowest BCUT2D eigenvalue weighted by Gasteiger charge is -2.11. The Labute approximate surface area is 162 Å². The molecule has 3 aromatic carbocycles. The molecule has 3 N–H and O–H groups in total. The zero-order valence-electron chi connectivity index (χ0n) is 14.5. The lowest BCUT2D eigenvalue weighted by Crippen LogP contribution is -2.18. The number of thiocarbonyl (C=S) groups is 1. The molecular weight excluding hydrogens is 356 g/mol. The monoisotopic (exact) mass is 374 g/mol. The zero-order chi connectivity index (χ0) is 18.5. The van der Waals surface area contributed by atoms with Crippen LogP contribution in [0.4, 0.5) is 11.4 Å². The number of nitrogens with zero attached hydrogens (tertiary/aromatic N) is 1. The fourth-order valence-electron chi connectivity index (χ4n) is 2.68. The summed E-state index contributed by atoms with van der Waals surface area (Å²) in [6, 6.07) is 25.4. The first-order valence-corrected chi connectivity index (χ1v) is 8.97. The molecule has 0 fully saturated rings. The molecule has 0 atom stereocenters. The van der Waals surface area contributed by atoms with Crippen LogP contribution < -0.4 is 15.4 Å². The second-order valence-corrected chi connectivity index (χ2v) is 6.37. The summed E-state index contributed by atoms with van der Waals surface area (Å²) in [6.07, 6.45) is 0. The molecule has 0 aliphatic heterocycles. The maximum Gasteiger partial charge on any atom is 0.175 e. The van der Waals surface area contributed by atoms with Crippen molar-refractivity contribution >= 4 is 39.7 Å². The van der Waals surface area contributed by atoms with E-state index in [9.17, 15) is 0 Å². The minimum absolute atomic E-state index is 0.384. The molecule has 0 unspecified atom stereocenters. The van der Waals surface area contributed by atoms with Crippen molar-refractivity contribution in [3.8, 4) is 5.75 Å². The number of nitrogens with one attached hydrogen (secondary N) is 3. The van der Waals surface area contributed by atoms with Crippen LogP contribution in [0.3, 0.4) is 0 Å². The number of aromatic amines is 1. The van der Waals surface area contributed by atoms with E-state index in [1.807, 2.05) is 78.9 Å². The highest BCUT2D eigenvalue weighted by Crippen LogP contribution is 2.18. The number of para-hydroxylation sites is 3. The molecule has 0 saturated carbocycles. The van der Waals surface area contributed by atoms with E-state index in [0.717, 1.165) is 34.0 Å². The van der Waals surface area contributed by atoms with Gasteiger partial charge in [-0.1, -0.05) is 30.3 Å². The highest BCUT2D eigenvalue weighted by molar-refractivity contribution is 7.80. The number of rotatable bonds is 5. The van der Waals surface area contributed by atoms with Gasteiger partial charge in [-0.2, -0.15) is 0 Å². The van der Waals surface area contributed by atoms with E-state index in [-0.39, 0.29) is 0 Å². The molecular formula is C21H18N4OS. The summed E-state index contributed by atoms with van der Waals surface area (Å²) >= 11 is 5.33. The third-order valence-electron chi connectivity index (χ3n) is 3.96. The van der Waals surface area contributed by atoms with Crippen LogP contribution in [0, 0.1) is 0 Å². The lowest BCUT2D eigenvalue weighted by molar-refractivity contribution is 0.297. The van der Waals surface area contributed by atoms with Crippen molar-refractivity contribution in [3.05, 3.63) is 84.7 Å². The summed E-state index contributed by atoms with van der Waals surface area (Å²) in [5.74, 6) is 1.56. The van der Waals surface area contributed by atoms with Crippen LogP contribution in [-0.4, -0.2) is 15.1 Å². The normalized spacial score (nSPS) is 10.5. The van der Waals surface area contributed by atoms with Gasteiger partial charge in [-0.25, -0.2) is 4.98 Å². The Morgan fingerprint density at radius 3 is 2.26 bits per heavy atom. The average molecular weight is 374 g/mol. The summed E-state index contributed by atoms with van der Waals surface area (Å²) in [7, 11) is 0. The number of anilines is 2. The van der Waals surface area contributed by atoms with Gasteiger partial charge in [0.05, 0.1) is 11.0 Å². The highest BCUT2D eigenvalue weighted by atomic mass is 32.1. The second-order valence-electron chi connectivity index (χ2n) is 5.96. The Bertz CT molecular complexity index is 1010. The minimum Gasteiger partial charge on any atom is -0.486 e. The van der Waals surface area contributed by atoms with Crippen molar-refractivity contribution < 1.29 is 4.74 Å². The van der Waals surface area contributed by atoms with Gasteiger partial charge >= 0.3 is 0 Å². The van der Waals surface area contributed by atoms with Crippen molar-refractivity contribution in [3.63, 3.8) is 0 Å². The highest BCUT2D eigenvalue weighted by Gasteiger charge is 2.04. The van der Waals surface area contributed by atoms with Gasteiger partial charge in [0.2, 0.25) is 0 Å². The molecule has 0 bridgehead atoms. The van der Waals surface area contributed by atoms with Gasteiger partial charge in [0, 0.05) is 11.4 Å². The molecule has 4 aromatic rings. The molecule has 1 heterocycles. The number of H-pyrrole nitrogens is 1. The summed E-state index contributed by atoms with van der Waals surface area (Å²) in [4.78, 5) is 7.76. The molecule has 27 heavy (non-hydrogen) atoms. The third-order valence-corrected chi connectivity index (χ3v) is 4.16. The molecule has 6 heteroatoms. The van der Waals surface area contributed by atoms with Crippen LogP contribution in [-0.2, 0) is 6.61 Å². The molecule has 0 amide bonds. The maximum absolute atomic E-state index is 5.81. The summed E-state index contributed by atoms with van der Waals surface area (Å²) in [6.45, 7) is 0.384. The quantitative estimate of drug-likeness (QED) is 0.431. The lowest BCUT2D eigenvalue weighted by atomic mass is 10.3. The Kier molecular flexibility index (Phi) is 4.98. The molecule has 134 valence electrons. The third kappa shape index (κ3) is 4.43. The van der Waals surface area contributed by atoms with Crippen LogP contribution in [0.25, 0.3) is 11.0 Å². The van der Waals surface area contributed by atoms with Gasteiger partial charge in [-0.05, 0) is 60.7 Å². The molecule has 0 saturated heterocycles. The number of aromatic nitrogens is 2. The number of benzene rings is 3. The van der Waals surface area contributed by atoms with Gasteiger partial charge in [-0.3, -0.25) is 0 Å². The van der Waals surface area contributed by atoms with Gasteiger partial charge in [0.1, 0.15) is 18.2 Å². The van der Waals surface area contributed by atoms with Gasteiger partial charge in [-0.15, -0.1) is 0 Å². The standard InChI is InChI=1S/C21H18N4OS/c27-21(22-15-6-2-1-3-7-15)23-16-10-12-17(13-11-16)26-14-20-24-18-8-4-5-9-19(18)25-20/h1-13H,14H2,(H,24,25)(H2,22,23,27). The molecule has 0 aliphatic carbocycles. The largest absolute Gasteiger partial charge is 0.486 e. The van der Waals surface area contributed by atoms with Crippen LogP contribution in [0.1, 0.15) is 5.82 Å². The Morgan fingerprint density at radius 2 is 1.52 bits per heavy atom. The van der Waals surface area contributed by atoms with Crippen molar-refractivity contribution in [1.29, 1.82) is 0 Å². The topological polar surface area (TPSA) is 62.0 Å². The van der Waals surface area contributed by atoms with Crippen LogP contribution in [0.5, 0.6) is 5.75 Å². The molecule has 0 spiro atoms. The van der Waals surface area contributed by atoms with E-state index in [0.29, 0.717) is 11.7 Å². The van der Waals surface area contributed by atoms with E-state index < -0.39 is 0 Å². The second kappa shape index (κ2) is 7.88. The van der Waals surface area contributed by atoms with Gasteiger partial charge in [0.15, 0.2) is 5.11 Å². The Hall–Kier alpha value is -3.38. The number of imidazole rings is 1. The average Bonchev–Trinajstić information content (AvgIpc) is 3.11. The Morgan fingerprint density at radius 1 is 0.852 bits per heavy atom. The molecule has 5 nitrogen and oxygen atoms in total. The smallest absolute Gasteiger partial charge is 0.175 e. The van der Waals surface area contributed by atoms with E-state index in [4.69, 9.17) is 17.0 Å². The Balaban J connectivity index is 1.32. The molecule has 4 rings (SSSR count). The predicted molar refractivity (Wildman–Crippen MR) is 113 cm³/mol. The molecule has 1 aromatic heterocycles. The maximum atomic E-state index is 5.81. The van der Waals surface area contributed by atoms with E-state index in [1.165, 1.54) is 0 Å². The van der Waals surface area contributed by atoms with Gasteiger partial charge < -0.3 is 20.4 Å². The number of hydrogen-bond donors (Lipinski definition) is 3. The first kappa shape index (κ1) is 17.1. The fourth-order valence-corrected chi connectivity index (χ4v) is 2.91. The summed E-state index contributed by atoms with van der Waals surface area (Å²) in [5, 5.41) is 6.84. The van der Waals surface area contributed by atoms with E-state index >= 15 is 0 Å². The number of ether oxygens (including phenoxy) is 1. The predicted octanol–water partition coefficient (Wildman–Crippen LogP) is 4.95. The van der Waals surface area contributed by atoms with E-state index in [2.05, 4.69) is 20.6 Å². The summed E-state index contributed by atoms with van der Waals surface area (Å²) in [5.41, 5.74) is 3.78. The SMILES string of the molecule is S=C(Nc1ccccc1)Nc1ccc(OCc2nc3ccccc3[nH]2)cc1. The number of fused-ring (bicyclic) bond motifs is 1. The van der Waals surface area contributed by atoms with Crippen molar-refractivity contribution in [2.24, 2.45) is 0 Å². The summed E-state index contributed by atoms with van der Waals surface area (Å²) < 4.78 is 5.81. The first-order valence-electron chi connectivity index (χ1n) is 8.56. The van der Waals surface area contributed by atoms with Crippen molar-refractivity contribution in [2.45, 2.75) is 6.61 Å². The van der Waals surface area contributed by atoms with Crippen LogP contribution in [0.15, 0.2) is 78.9 Å². The van der Waals surface area contributed by atoms with Crippen molar-refractivity contribution in [1.82, 2.24) is 9.97 Å². The first-order chi connectivity index (χ1) is 13.3. The minimum atomic E-state index is 0.384.